The number of hydrogen-bond donors (Lipinski definition) is 2. The fraction of sp³-hybridized carbons (Fsp3) is 0. The Bertz CT molecular complexity index is 896. The fourth-order valence-corrected chi connectivity index (χ4v) is 1.97. The number of hydrogen-bond acceptors (Lipinski definition) is 5. The number of nitrogens with zero attached hydrogens (tertiary/aromatic N) is 1. The highest BCUT2D eigenvalue weighted by Gasteiger charge is 2.11. The molecular formula is C16H11NO4. The molecule has 5 heteroatoms. The second kappa shape index (κ2) is 5.13. The van der Waals surface area contributed by atoms with Crippen molar-refractivity contribution in [2.24, 2.45) is 4.99 Å². The molecule has 1 heterocycles. The molecule has 104 valence electrons. The van der Waals surface area contributed by atoms with E-state index in [1.54, 1.807) is 42.5 Å². The molecule has 0 aliphatic heterocycles. The number of rotatable bonds is 2. The van der Waals surface area contributed by atoms with Crippen molar-refractivity contribution < 1.29 is 14.6 Å². The van der Waals surface area contributed by atoms with Gasteiger partial charge in [-0.25, -0.2) is 4.79 Å². The van der Waals surface area contributed by atoms with E-state index in [1.807, 2.05) is 0 Å². The smallest absolute Gasteiger partial charge is 0.348 e. The summed E-state index contributed by atoms with van der Waals surface area (Å²) in [5.74, 6) is -0.209. The molecule has 3 rings (SSSR count). The number of aromatic hydroxyl groups is 2. The molecule has 0 atom stereocenters. The van der Waals surface area contributed by atoms with Gasteiger partial charge in [-0.15, -0.1) is 0 Å². The summed E-state index contributed by atoms with van der Waals surface area (Å²) in [5.41, 5.74) is -0.147. The fourth-order valence-electron chi connectivity index (χ4n) is 1.97. The van der Waals surface area contributed by atoms with E-state index in [-0.39, 0.29) is 17.1 Å². The van der Waals surface area contributed by atoms with Crippen LogP contribution in [-0.4, -0.2) is 16.4 Å². The summed E-state index contributed by atoms with van der Waals surface area (Å²) < 4.78 is 5.12. The summed E-state index contributed by atoms with van der Waals surface area (Å²) >= 11 is 0. The lowest BCUT2D eigenvalue weighted by molar-refractivity contribution is 0.466. The van der Waals surface area contributed by atoms with E-state index >= 15 is 0 Å². The number of phenols is 1. The van der Waals surface area contributed by atoms with Gasteiger partial charge in [-0.3, -0.25) is 4.99 Å². The Kier molecular flexibility index (Phi) is 3.16. The van der Waals surface area contributed by atoms with Crippen LogP contribution >= 0.6 is 0 Å². The summed E-state index contributed by atoms with van der Waals surface area (Å²) in [7, 11) is 0. The Balaban J connectivity index is 2.13. The molecule has 0 spiro atoms. The molecule has 21 heavy (non-hydrogen) atoms. The van der Waals surface area contributed by atoms with E-state index in [1.165, 1.54) is 12.3 Å². The summed E-state index contributed by atoms with van der Waals surface area (Å²) in [4.78, 5) is 15.9. The van der Waals surface area contributed by atoms with Gasteiger partial charge in [-0.2, -0.15) is 0 Å². The van der Waals surface area contributed by atoms with Crippen LogP contribution in [0.1, 0.15) is 5.56 Å². The van der Waals surface area contributed by atoms with Crippen LogP contribution < -0.4 is 5.63 Å². The molecule has 0 radical (unpaired) electrons. The van der Waals surface area contributed by atoms with E-state index in [0.29, 0.717) is 16.7 Å². The maximum Gasteiger partial charge on any atom is 0.348 e. The van der Waals surface area contributed by atoms with Crippen molar-refractivity contribution in [3.8, 4) is 11.5 Å². The monoisotopic (exact) mass is 281 g/mol. The minimum absolute atomic E-state index is 0.0154. The van der Waals surface area contributed by atoms with Gasteiger partial charge in [0.1, 0.15) is 28.3 Å². The van der Waals surface area contributed by atoms with Crippen molar-refractivity contribution in [2.45, 2.75) is 0 Å². The Morgan fingerprint density at radius 3 is 2.52 bits per heavy atom. The third-order valence-electron chi connectivity index (χ3n) is 3.03. The highest BCUT2D eigenvalue weighted by molar-refractivity contribution is 5.94. The van der Waals surface area contributed by atoms with E-state index in [0.717, 1.165) is 0 Å². The zero-order chi connectivity index (χ0) is 14.8. The Labute approximate surface area is 119 Å². The molecule has 0 saturated heterocycles. The van der Waals surface area contributed by atoms with Crippen molar-refractivity contribution in [1.82, 2.24) is 0 Å². The molecule has 5 nitrogen and oxygen atoms in total. The average Bonchev–Trinajstić information content (AvgIpc) is 2.49. The van der Waals surface area contributed by atoms with Crippen molar-refractivity contribution in [3.05, 3.63) is 64.5 Å². The molecule has 0 saturated carbocycles. The van der Waals surface area contributed by atoms with Crippen LogP contribution in [0.5, 0.6) is 11.5 Å². The van der Waals surface area contributed by atoms with Gasteiger partial charge in [-0.1, -0.05) is 24.3 Å². The van der Waals surface area contributed by atoms with Crippen LogP contribution in [0.4, 0.5) is 5.69 Å². The molecule has 1 aromatic heterocycles. The maximum absolute atomic E-state index is 11.9. The number of fused-ring (bicyclic) bond motifs is 1. The van der Waals surface area contributed by atoms with Crippen LogP contribution in [0.25, 0.3) is 11.0 Å². The van der Waals surface area contributed by atoms with Gasteiger partial charge in [0.05, 0.1) is 5.39 Å². The molecule has 2 N–H and O–H groups in total. The normalized spacial score (nSPS) is 11.2. The molecular weight excluding hydrogens is 270 g/mol. The van der Waals surface area contributed by atoms with Crippen molar-refractivity contribution in [1.29, 1.82) is 0 Å². The summed E-state index contributed by atoms with van der Waals surface area (Å²) in [6, 6.07) is 13.1. The molecule has 0 bridgehead atoms. The SMILES string of the molecule is O=c1oc2ccccc2c(O)c1C=Nc1ccccc1O. The molecule has 0 amide bonds. The van der Waals surface area contributed by atoms with E-state index < -0.39 is 5.63 Å². The molecule has 3 aromatic rings. The number of aliphatic imine (C=N–C) groups is 1. The highest BCUT2D eigenvalue weighted by atomic mass is 16.4. The van der Waals surface area contributed by atoms with Crippen molar-refractivity contribution in [3.63, 3.8) is 0 Å². The first kappa shape index (κ1) is 12.9. The molecule has 0 aliphatic rings. The molecule has 2 aromatic carbocycles. The minimum Gasteiger partial charge on any atom is -0.506 e. The number of benzene rings is 2. The van der Waals surface area contributed by atoms with Gasteiger partial charge >= 0.3 is 5.63 Å². The third kappa shape index (κ3) is 2.36. The Morgan fingerprint density at radius 1 is 1.00 bits per heavy atom. The standard InChI is InChI=1S/C16H11NO4/c18-13-7-3-2-6-12(13)17-9-11-15(19)10-5-1-4-8-14(10)21-16(11)20/h1-9,18-19H. The second-order valence-electron chi connectivity index (χ2n) is 4.39. The quantitative estimate of drug-likeness (QED) is 0.559. The van der Waals surface area contributed by atoms with Crippen LogP contribution in [0.2, 0.25) is 0 Å². The predicted octanol–water partition coefficient (Wildman–Crippen LogP) is 2.95. The van der Waals surface area contributed by atoms with Crippen LogP contribution in [0.15, 0.2) is 62.7 Å². The Hall–Kier alpha value is -3.08. The summed E-state index contributed by atoms with van der Waals surface area (Å²) in [5, 5.41) is 20.2. The maximum atomic E-state index is 11.9. The number of phenolic OH excluding ortho intramolecular Hbond substituents is 1. The molecule has 0 aliphatic carbocycles. The van der Waals surface area contributed by atoms with Gasteiger partial charge in [0.15, 0.2) is 0 Å². The molecule has 0 fully saturated rings. The summed E-state index contributed by atoms with van der Waals surface area (Å²) in [6.45, 7) is 0. The summed E-state index contributed by atoms with van der Waals surface area (Å²) in [6.07, 6.45) is 1.18. The highest BCUT2D eigenvalue weighted by Crippen LogP contribution is 2.27. The van der Waals surface area contributed by atoms with Gasteiger partial charge < -0.3 is 14.6 Å². The van der Waals surface area contributed by atoms with Crippen molar-refractivity contribution in [2.75, 3.05) is 0 Å². The average molecular weight is 281 g/mol. The second-order valence-corrected chi connectivity index (χ2v) is 4.39. The van der Waals surface area contributed by atoms with Crippen molar-refractivity contribution >= 4 is 22.9 Å². The first-order chi connectivity index (χ1) is 10.2. The third-order valence-corrected chi connectivity index (χ3v) is 3.03. The predicted molar refractivity (Wildman–Crippen MR) is 79.5 cm³/mol. The van der Waals surface area contributed by atoms with Crippen LogP contribution in [0.3, 0.4) is 0 Å². The van der Waals surface area contributed by atoms with Gasteiger partial charge in [0.2, 0.25) is 0 Å². The van der Waals surface area contributed by atoms with E-state index in [9.17, 15) is 15.0 Å². The lowest BCUT2D eigenvalue weighted by Crippen LogP contribution is -2.06. The van der Waals surface area contributed by atoms with Crippen LogP contribution in [0, 0.1) is 0 Å². The van der Waals surface area contributed by atoms with E-state index in [2.05, 4.69) is 4.99 Å². The topological polar surface area (TPSA) is 83.0 Å². The van der Waals surface area contributed by atoms with Crippen LogP contribution in [-0.2, 0) is 0 Å². The zero-order valence-electron chi connectivity index (χ0n) is 10.9. The lowest BCUT2D eigenvalue weighted by Gasteiger charge is -2.02. The first-order valence-corrected chi connectivity index (χ1v) is 6.23. The van der Waals surface area contributed by atoms with Gasteiger partial charge in [0.25, 0.3) is 0 Å². The molecule has 0 unspecified atom stereocenters. The van der Waals surface area contributed by atoms with Gasteiger partial charge in [-0.05, 0) is 24.3 Å². The first-order valence-electron chi connectivity index (χ1n) is 6.23. The lowest BCUT2D eigenvalue weighted by atomic mass is 10.1. The Morgan fingerprint density at radius 2 is 1.71 bits per heavy atom. The minimum atomic E-state index is -0.689. The van der Waals surface area contributed by atoms with Gasteiger partial charge in [0, 0.05) is 6.21 Å². The van der Waals surface area contributed by atoms with E-state index in [4.69, 9.17) is 4.42 Å². The number of para-hydroxylation sites is 3. The largest absolute Gasteiger partial charge is 0.506 e. The zero-order valence-corrected chi connectivity index (χ0v) is 10.9.